The summed E-state index contributed by atoms with van der Waals surface area (Å²) in [7, 11) is 0. The zero-order valence-electron chi connectivity index (χ0n) is 11.8. The van der Waals surface area contributed by atoms with Crippen LogP contribution in [0, 0.1) is 5.82 Å². The van der Waals surface area contributed by atoms with Gasteiger partial charge in [-0.2, -0.15) is 4.57 Å². The van der Waals surface area contributed by atoms with E-state index in [0.717, 1.165) is 4.57 Å². The van der Waals surface area contributed by atoms with Crippen molar-refractivity contribution in [1.82, 2.24) is 9.13 Å². The SMILES string of the molecule is O=C(O)n1c(=O)n(Cc2cccc(F)c2)c(=O)c2ccccc21. The summed E-state index contributed by atoms with van der Waals surface area (Å²) in [6, 6.07) is 11.4. The van der Waals surface area contributed by atoms with Crippen LogP contribution in [0.3, 0.4) is 0 Å². The molecule has 0 atom stereocenters. The molecule has 0 fully saturated rings. The van der Waals surface area contributed by atoms with E-state index in [1.165, 1.54) is 36.4 Å². The van der Waals surface area contributed by atoms with Crippen molar-refractivity contribution in [3.05, 3.63) is 80.7 Å². The Labute approximate surface area is 128 Å². The second-order valence-electron chi connectivity index (χ2n) is 4.94. The molecule has 0 amide bonds. The van der Waals surface area contributed by atoms with E-state index in [1.54, 1.807) is 12.1 Å². The van der Waals surface area contributed by atoms with Gasteiger partial charge in [-0.3, -0.25) is 9.36 Å². The monoisotopic (exact) mass is 314 g/mol. The summed E-state index contributed by atoms with van der Waals surface area (Å²) in [5.41, 5.74) is -1.19. The Balaban J connectivity index is 2.31. The molecule has 1 N–H and O–H groups in total. The molecule has 3 aromatic rings. The predicted molar refractivity (Wildman–Crippen MR) is 81.4 cm³/mol. The molecule has 0 bridgehead atoms. The van der Waals surface area contributed by atoms with Crippen LogP contribution in [0.25, 0.3) is 10.9 Å². The molecule has 2 aromatic carbocycles. The summed E-state index contributed by atoms with van der Waals surface area (Å²) in [5, 5.41) is 9.38. The van der Waals surface area contributed by atoms with E-state index in [9.17, 15) is 23.9 Å². The average Bonchev–Trinajstić information content (AvgIpc) is 2.51. The Bertz CT molecular complexity index is 1040. The predicted octanol–water partition coefficient (Wildman–Crippen LogP) is 1.88. The Morgan fingerprint density at radius 3 is 2.52 bits per heavy atom. The van der Waals surface area contributed by atoms with Crippen LogP contribution in [0.15, 0.2) is 58.1 Å². The van der Waals surface area contributed by atoms with Gasteiger partial charge in [0, 0.05) is 0 Å². The number of para-hydroxylation sites is 1. The van der Waals surface area contributed by atoms with Crippen molar-refractivity contribution in [2.24, 2.45) is 0 Å². The highest BCUT2D eigenvalue weighted by molar-refractivity contribution is 5.86. The number of carbonyl (C=O) groups is 1. The highest BCUT2D eigenvalue weighted by Crippen LogP contribution is 2.09. The van der Waals surface area contributed by atoms with Gasteiger partial charge in [0.25, 0.3) is 5.56 Å². The van der Waals surface area contributed by atoms with E-state index < -0.39 is 23.2 Å². The zero-order chi connectivity index (χ0) is 16.6. The quantitative estimate of drug-likeness (QED) is 0.783. The number of fused-ring (bicyclic) bond motifs is 1. The van der Waals surface area contributed by atoms with Crippen LogP contribution < -0.4 is 11.2 Å². The van der Waals surface area contributed by atoms with Gasteiger partial charge in [-0.15, -0.1) is 0 Å². The number of benzene rings is 2. The van der Waals surface area contributed by atoms with Crippen molar-refractivity contribution in [3.8, 4) is 0 Å². The third kappa shape index (κ3) is 2.52. The fourth-order valence-corrected chi connectivity index (χ4v) is 2.45. The maximum atomic E-state index is 13.3. The molecule has 7 heteroatoms. The second kappa shape index (κ2) is 5.53. The molecule has 0 aliphatic carbocycles. The van der Waals surface area contributed by atoms with E-state index in [-0.39, 0.29) is 17.4 Å². The lowest BCUT2D eigenvalue weighted by molar-refractivity contribution is 0.195. The van der Waals surface area contributed by atoms with E-state index in [1.807, 2.05) is 0 Å². The van der Waals surface area contributed by atoms with Gasteiger partial charge in [0.05, 0.1) is 17.4 Å². The van der Waals surface area contributed by atoms with Crippen LogP contribution in [-0.2, 0) is 6.54 Å². The molecule has 0 saturated carbocycles. The molecule has 0 radical (unpaired) electrons. The van der Waals surface area contributed by atoms with Gasteiger partial charge in [-0.05, 0) is 29.8 Å². The van der Waals surface area contributed by atoms with E-state index in [4.69, 9.17) is 0 Å². The maximum absolute atomic E-state index is 13.3. The lowest BCUT2D eigenvalue weighted by Gasteiger charge is -2.11. The standard InChI is InChI=1S/C16H11FN2O4/c17-11-5-3-4-10(8-11)9-18-14(20)12-6-1-2-7-13(12)19(15(18)21)16(22)23/h1-8H,9H2,(H,22,23). The normalized spacial score (nSPS) is 10.8. The number of hydrogen-bond acceptors (Lipinski definition) is 3. The molecular weight excluding hydrogens is 303 g/mol. The van der Waals surface area contributed by atoms with Crippen LogP contribution in [0.1, 0.15) is 5.56 Å². The third-order valence-electron chi connectivity index (χ3n) is 3.46. The summed E-state index contributed by atoms with van der Waals surface area (Å²) in [5.74, 6) is -0.505. The number of rotatable bonds is 2. The van der Waals surface area contributed by atoms with Gasteiger partial charge >= 0.3 is 11.8 Å². The van der Waals surface area contributed by atoms with E-state index >= 15 is 0 Å². The number of hydrogen-bond donors (Lipinski definition) is 1. The van der Waals surface area contributed by atoms with Crippen molar-refractivity contribution in [2.75, 3.05) is 0 Å². The Morgan fingerprint density at radius 2 is 1.83 bits per heavy atom. The largest absolute Gasteiger partial charge is 0.464 e. The molecule has 0 spiro atoms. The van der Waals surface area contributed by atoms with Gasteiger partial charge < -0.3 is 5.11 Å². The Kier molecular flexibility index (Phi) is 3.53. The smallest absolute Gasteiger partial charge is 0.420 e. The minimum atomic E-state index is -1.49. The summed E-state index contributed by atoms with van der Waals surface area (Å²) >= 11 is 0. The second-order valence-corrected chi connectivity index (χ2v) is 4.94. The lowest BCUT2D eigenvalue weighted by Crippen LogP contribution is -2.42. The molecule has 0 saturated heterocycles. The van der Waals surface area contributed by atoms with Crippen molar-refractivity contribution in [3.63, 3.8) is 0 Å². The highest BCUT2D eigenvalue weighted by Gasteiger charge is 2.17. The fraction of sp³-hybridized carbons (Fsp3) is 0.0625. The van der Waals surface area contributed by atoms with Crippen molar-refractivity contribution >= 4 is 17.0 Å². The zero-order valence-corrected chi connectivity index (χ0v) is 11.8. The molecule has 6 nitrogen and oxygen atoms in total. The molecule has 3 rings (SSSR count). The number of carboxylic acid groups (broad SMARTS) is 1. The first-order valence-electron chi connectivity index (χ1n) is 6.71. The molecule has 1 aromatic heterocycles. The molecule has 1 heterocycles. The summed E-state index contributed by atoms with van der Waals surface area (Å²) in [6.45, 7) is -0.215. The van der Waals surface area contributed by atoms with Crippen LogP contribution in [0.4, 0.5) is 9.18 Å². The van der Waals surface area contributed by atoms with Gasteiger partial charge in [0.15, 0.2) is 0 Å². The minimum Gasteiger partial charge on any atom is -0.464 e. The van der Waals surface area contributed by atoms with Gasteiger partial charge in [-0.25, -0.2) is 14.0 Å². The van der Waals surface area contributed by atoms with E-state index in [2.05, 4.69) is 0 Å². The van der Waals surface area contributed by atoms with Crippen LogP contribution in [-0.4, -0.2) is 20.3 Å². The first-order chi connectivity index (χ1) is 11.0. The van der Waals surface area contributed by atoms with E-state index in [0.29, 0.717) is 10.1 Å². The average molecular weight is 314 g/mol. The molecule has 0 aliphatic rings. The summed E-state index contributed by atoms with van der Waals surface area (Å²) in [6.07, 6.45) is -1.49. The number of nitrogens with zero attached hydrogens (tertiary/aromatic N) is 2. The minimum absolute atomic E-state index is 0.0190. The number of halogens is 1. The maximum Gasteiger partial charge on any atom is 0.420 e. The molecule has 116 valence electrons. The summed E-state index contributed by atoms with van der Waals surface area (Å²) in [4.78, 5) is 36.3. The molecule has 0 aliphatic heterocycles. The van der Waals surface area contributed by atoms with Crippen molar-refractivity contribution in [1.29, 1.82) is 0 Å². The van der Waals surface area contributed by atoms with Crippen molar-refractivity contribution in [2.45, 2.75) is 6.54 Å². The highest BCUT2D eigenvalue weighted by atomic mass is 19.1. The van der Waals surface area contributed by atoms with Gasteiger partial charge in [0.1, 0.15) is 5.82 Å². The lowest BCUT2D eigenvalue weighted by atomic mass is 10.2. The topological polar surface area (TPSA) is 81.3 Å². The van der Waals surface area contributed by atoms with Crippen LogP contribution >= 0.6 is 0 Å². The Morgan fingerprint density at radius 1 is 1.09 bits per heavy atom. The summed E-state index contributed by atoms with van der Waals surface area (Å²) < 4.78 is 14.6. The molecule has 23 heavy (non-hydrogen) atoms. The number of aromatic nitrogens is 2. The van der Waals surface area contributed by atoms with Gasteiger partial charge in [-0.1, -0.05) is 24.3 Å². The first-order valence-corrected chi connectivity index (χ1v) is 6.71. The Hall–Kier alpha value is -3.22. The molecule has 0 unspecified atom stereocenters. The fourth-order valence-electron chi connectivity index (χ4n) is 2.45. The third-order valence-corrected chi connectivity index (χ3v) is 3.46. The van der Waals surface area contributed by atoms with Crippen molar-refractivity contribution < 1.29 is 14.3 Å². The van der Waals surface area contributed by atoms with Crippen LogP contribution in [0.5, 0.6) is 0 Å². The van der Waals surface area contributed by atoms with Crippen LogP contribution in [0.2, 0.25) is 0 Å². The molecular formula is C16H11FN2O4. The van der Waals surface area contributed by atoms with Gasteiger partial charge in [0.2, 0.25) is 0 Å². The first kappa shape index (κ1) is 14.7.